The van der Waals surface area contributed by atoms with E-state index in [4.69, 9.17) is 9.47 Å². The van der Waals surface area contributed by atoms with Gasteiger partial charge in [-0.1, -0.05) is 6.07 Å². The lowest BCUT2D eigenvalue weighted by Crippen LogP contribution is -2.33. The summed E-state index contributed by atoms with van der Waals surface area (Å²) in [5, 5.41) is 5.16. The van der Waals surface area contributed by atoms with Crippen molar-refractivity contribution in [3.63, 3.8) is 0 Å². The summed E-state index contributed by atoms with van der Waals surface area (Å²) < 4.78 is 10.4. The molecule has 0 aliphatic rings. The first kappa shape index (κ1) is 16.6. The van der Waals surface area contributed by atoms with E-state index in [9.17, 15) is 9.59 Å². The molecule has 2 amide bonds. The van der Waals surface area contributed by atoms with Gasteiger partial charge in [-0.3, -0.25) is 9.59 Å². The fourth-order valence-corrected chi connectivity index (χ4v) is 1.71. The molecule has 0 atom stereocenters. The van der Waals surface area contributed by atoms with Crippen LogP contribution in [0.5, 0.6) is 11.5 Å². The van der Waals surface area contributed by atoms with Gasteiger partial charge >= 0.3 is 0 Å². The lowest BCUT2D eigenvalue weighted by molar-refractivity contribution is -0.122. The Morgan fingerprint density at radius 1 is 1.19 bits per heavy atom. The Hall–Kier alpha value is -2.50. The molecule has 0 fully saturated rings. The summed E-state index contributed by atoms with van der Waals surface area (Å²) in [6, 6.07) is 5.22. The number of carbonyl (C=O) groups excluding carboxylic acids is 2. The number of ether oxygens (including phenoxy) is 2. The summed E-state index contributed by atoms with van der Waals surface area (Å²) >= 11 is 0. The van der Waals surface area contributed by atoms with Crippen molar-refractivity contribution in [2.45, 2.75) is 13.8 Å². The van der Waals surface area contributed by atoms with Gasteiger partial charge in [-0.05, 0) is 30.7 Å². The Bertz CT molecular complexity index is 553. The predicted octanol–water partition coefficient (Wildman–Crippen LogP) is 1.32. The minimum atomic E-state index is -0.345. The number of likely N-dealkylation sites (N-methyl/N-ethyl adjacent to an activating group) is 1. The average molecular weight is 292 g/mol. The number of rotatable bonds is 6. The topological polar surface area (TPSA) is 76.7 Å². The van der Waals surface area contributed by atoms with E-state index in [-0.39, 0.29) is 17.5 Å². The first-order valence-corrected chi connectivity index (χ1v) is 6.51. The molecule has 2 N–H and O–H groups in total. The van der Waals surface area contributed by atoms with Crippen molar-refractivity contribution < 1.29 is 19.1 Å². The van der Waals surface area contributed by atoms with Gasteiger partial charge in [0.1, 0.15) is 5.70 Å². The molecule has 6 heteroatoms. The molecule has 0 aliphatic heterocycles. The normalized spacial score (nSPS) is 10.8. The second kappa shape index (κ2) is 7.94. The molecule has 21 heavy (non-hydrogen) atoms. The first-order chi connectivity index (χ1) is 10.0. The van der Waals surface area contributed by atoms with Crippen LogP contribution in [0, 0.1) is 0 Å². The molecule has 0 spiro atoms. The predicted molar refractivity (Wildman–Crippen MR) is 80.0 cm³/mol. The minimum Gasteiger partial charge on any atom is -0.493 e. The van der Waals surface area contributed by atoms with Gasteiger partial charge in [0.15, 0.2) is 11.5 Å². The first-order valence-electron chi connectivity index (χ1n) is 6.51. The van der Waals surface area contributed by atoms with Gasteiger partial charge in [-0.15, -0.1) is 0 Å². The lowest BCUT2D eigenvalue weighted by atomic mass is 10.1. The van der Waals surface area contributed by atoms with E-state index < -0.39 is 0 Å². The van der Waals surface area contributed by atoms with Gasteiger partial charge < -0.3 is 20.1 Å². The van der Waals surface area contributed by atoms with E-state index in [0.29, 0.717) is 23.6 Å². The maximum absolute atomic E-state index is 11.9. The van der Waals surface area contributed by atoms with Crippen LogP contribution in [0.25, 0.3) is 6.08 Å². The fourth-order valence-electron chi connectivity index (χ4n) is 1.71. The van der Waals surface area contributed by atoms with Gasteiger partial charge in [0.2, 0.25) is 5.91 Å². The van der Waals surface area contributed by atoms with Crippen LogP contribution in [0.4, 0.5) is 0 Å². The Kier molecular flexibility index (Phi) is 6.26. The molecule has 0 radical (unpaired) electrons. The van der Waals surface area contributed by atoms with E-state index >= 15 is 0 Å². The zero-order valence-corrected chi connectivity index (χ0v) is 12.6. The third-order valence-electron chi connectivity index (χ3n) is 2.61. The number of methoxy groups -OCH3 is 2. The maximum atomic E-state index is 11.9. The highest BCUT2D eigenvalue weighted by atomic mass is 16.5. The van der Waals surface area contributed by atoms with E-state index in [1.165, 1.54) is 14.0 Å². The van der Waals surface area contributed by atoms with Crippen LogP contribution in [0.15, 0.2) is 23.9 Å². The molecule has 0 saturated carbocycles. The molecule has 1 rings (SSSR count). The second-order valence-electron chi connectivity index (χ2n) is 4.21. The molecular formula is C15H20N2O4. The zero-order valence-electron chi connectivity index (χ0n) is 12.6. The van der Waals surface area contributed by atoms with Gasteiger partial charge in [0.25, 0.3) is 5.91 Å². The molecule has 0 aliphatic carbocycles. The summed E-state index contributed by atoms with van der Waals surface area (Å²) in [6.45, 7) is 3.63. The van der Waals surface area contributed by atoms with E-state index in [1.807, 2.05) is 0 Å². The van der Waals surface area contributed by atoms with E-state index in [2.05, 4.69) is 10.6 Å². The molecule has 0 saturated heterocycles. The van der Waals surface area contributed by atoms with Crippen LogP contribution in [0.2, 0.25) is 0 Å². The highest BCUT2D eigenvalue weighted by molar-refractivity contribution is 6.00. The lowest BCUT2D eigenvalue weighted by Gasteiger charge is -2.10. The standard InChI is InChI=1S/C15H20N2O4/c1-5-16-15(19)12(17-10(2)18)8-11-6-7-13(20-3)14(9-11)21-4/h6-9H,5H2,1-4H3,(H,16,19)(H,17,18)/b12-8-. The quantitative estimate of drug-likeness (QED) is 0.775. The summed E-state index contributed by atoms with van der Waals surface area (Å²) in [5.74, 6) is 0.480. The van der Waals surface area contributed by atoms with Crippen LogP contribution >= 0.6 is 0 Å². The van der Waals surface area contributed by atoms with Crippen molar-refractivity contribution in [1.82, 2.24) is 10.6 Å². The fraction of sp³-hybridized carbons (Fsp3) is 0.333. The number of amides is 2. The van der Waals surface area contributed by atoms with Gasteiger partial charge in [0, 0.05) is 13.5 Å². The van der Waals surface area contributed by atoms with E-state index in [0.717, 1.165) is 0 Å². The summed E-state index contributed by atoms with van der Waals surface area (Å²) in [6.07, 6.45) is 1.58. The smallest absolute Gasteiger partial charge is 0.267 e. The molecule has 6 nitrogen and oxygen atoms in total. The minimum absolute atomic E-state index is 0.177. The number of hydrogen-bond acceptors (Lipinski definition) is 4. The molecule has 0 aromatic heterocycles. The SMILES string of the molecule is CCNC(=O)/C(=C/c1ccc(OC)c(OC)c1)NC(C)=O. The average Bonchev–Trinajstić information content (AvgIpc) is 2.46. The van der Waals surface area contributed by atoms with Crippen LogP contribution in [0.3, 0.4) is 0 Å². The molecular weight excluding hydrogens is 272 g/mol. The zero-order chi connectivity index (χ0) is 15.8. The molecule has 0 bridgehead atoms. The third-order valence-corrected chi connectivity index (χ3v) is 2.61. The number of carbonyl (C=O) groups is 2. The van der Waals surface area contributed by atoms with Gasteiger partial charge in [0.05, 0.1) is 14.2 Å². The highest BCUT2D eigenvalue weighted by Gasteiger charge is 2.11. The summed E-state index contributed by atoms with van der Waals surface area (Å²) in [5.41, 5.74) is 0.888. The number of benzene rings is 1. The Morgan fingerprint density at radius 2 is 1.86 bits per heavy atom. The van der Waals surface area contributed by atoms with Crippen LogP contribution in [-0.4, -0.2) is 32.6 Å². The van der Waals surface area contributed by atoms with Crippen molar-refractivity contribution in [3.8, 4) is 11.5 Å². The second-order valence-corrected chi connectivity index (χ2v) is 4.21. The third kappa shape index (κ3) is 4.83. The van der Waals surface area contributed by atoms with Crippen molar-refractivity contribution in [2.24, 2.45) is 0 Å². The number of nitrogens with one attached hydrogen (secondary N) is 2. The summed E-state index contributed by atoms with van der Waals surface area (Å²) in [7, 11) is 3.08. The molecule has 0 heterocycles. The highest BCUT2D eigenvalue weighted by Crippen LogP contribution is 2.28. The van der Waals surface area contributed by atoms with Crippen LogP contribution in [-0.2, 0) is 9.59 Å². The van der Waals surface area contributed by atoms with Crippen molar-refractivity contribution in [3.05, 3.63) is 29.5 Å². The molecule has 114 valence electrons. The van der Waals surface area contributed by atoms with Crippen molar-refractivity contribution in [1.29, 1.82) is 0 Å². The molecule has 1 aromatic carbocycles. The Balaban J connectivity index is 3.14. The summed E-state index contributed by atoms with van der Waals surface area (Å²) in [4.78, 5) is 23.1. The Morgan fingerprint density at radius 3 is 2.38 bits per heavy atom. The van der Waals surface area contributed by atoms with Crippen molar-refractivity contribution >= 4 is 17.9 Å². The van der Waals surface area contributed by atoms with Crippen LogP contribution < -0.4 is 20.1 Å². The van der Waals surface area contributed by atoms with Crippen LogP contribution in [0.1, 0.15) is 19.4 Å². The Labute approximate surface area is 124 Å². The molecule has 1 aromatic rings. The largest absolute Gasteiger partial charge is 0.493 e. The number of hydrogen-bond donors (Lipinski definition) is 2. The monoisotopic (exact) mass is 292 g/mol. The van der Waals surface area contributed by atoms with Gasteiger partial charge in [-0.2, -0.15) is 0 Å². The van der Waals surface area contributed by atoms with Gasteiger partial charge in [-0.25, -0.2) is 0 Å². The van der Waals surface area contributed by atoms with E-state index in [1.54, 1.807) is 38.3 Å². The van der Waals surface area contributed by atoms with Crippen molar-refractivity contribution in [2.75, 3.05) is 20.8 Å². The molecule has 0 unspecified atom stereocenters. The maximum Gasteiger partial charge on any atom is 0.267 e.